The molecule has 124 valence electrons. The summed E-state index contributed by atoms with van der Waals surface area (Å²) in [7, 11) is 0. The van der Waals surface area contributed by atoms with Crippen LogP contribution in [0.4, 0.5) is 0 Å². The summed E-state index contributed by atoms with van der Waals surface area (Å²) >= 11 is 0. The summed E-state index contributed by atoms with van der Waals surface area (Å²) in [6.45, 7) is 4.21. The van der Waals surface area contributed by atoms with E-state index in [1.807, 2.05) is 30.3 Å². The molecule has 1 saturated carbocycles. The van der Waals surface area contributed by atoms with Crippen LogP contribution in [0.15, 0.2) is 43.0 Å². The van der Waals surface area contributed by atoms with Crippen molar-refractivity contribution in [2.24, 2.45) is 5.92 Å². The molecule has 1 aliphatic carbocycles. The van der Waals surface area contributed by atoms with Crippen LogP contribution in [0.25, 0.3) is 0 Å². The third-order valence-corrected chi connectivity index (χ3v) is 5.10. The third kappa shape index (κ3) is 3.03. The van der Waals surface area contributed by atoms with Gasteiger partial charge in [0, 0.05) is 17.3 Å². The maximum Gasteiger partial charge on any atom is 0.243 e. The summed E-state index contributed by atoms with van der Waals surface area (Å²) in [5, 5.41) is 11.6. The van der Waals surface area contributed by atoms with Gasteiger partial charge in [0.15, 0.2) is 5.79 Å². The van der Waals surface area contributed by atoms with E-state index in [1.165, 1.54) is 0 Å². The second-order valence-corrected chi connectivity index (χ2v) is 6.36. The molecule has 5 heteroatoms. The Bertz CT molecular complexity index is 561. The Labute approximate surface area is 136 Å². The van der Waals surface area contributed by atoms with Crippen LogP contribution < -0.4 is 0 Å². The monoisotopic (exact) mass is 317 g/mol. The molecular formula is C18H23NO4. The van der Waals surface area contributed by atoms with Gasteiger partial charge in [-0.05, 0) is 18.4 Å². The van der Waals surface area contributed by atoms with Gasteiger partial charge >= 0.3 is 0 Å². The number of ether oxygens (including phenoxy) is 2. The van der Waals surface area contributed by atoms with E-state index in [9.17, 15) is 10.1 Å². The lowest BCUT2D eigenvalue weighted by molar-refractivity contribution is -0.548. The van der Waals surface area contributed by atoms with Crippen LogP contribution in [0.5, 0.6) is 0 Å². The summed E-state index contributed by atoms with van der Waals surface area (Å²) in [6, 6.07) is 9.07. The standard InChI is InChI=1S/C18H23NO4/c1-2-12-22-18-11-7-6-10-15(18)17(14-8-4-3-5-9-14)16(13-23-18)19(20)21/h2-5,8-9,15-17H,1,6-7,10-13H2/t15-,16-,17-,18+/m1/s1. The van der Waals surface area contributed by atoms with Crippen molar-refractivity contribution < 1.29 is 14.4 Å². The number of nitrogens with zero attached hydrogens (tertiary/aromatic N) is 1. The van der Waals surface area contributed by atoms with Crippen LogP contribution in [0.1, 0.15) is 37.2 Å². The Balaban J connectivity index is 1.99. The zero-order valence-electron chi connectivity index (χ0n) is 13.2. The van der Waals surface area contributed by atoms with Gasteiger partial charge in [-0.25, -0.2) is 0 Å². The molecule has 0 spiro atoms. The van der Waals surface area contributed by atoms with Crippen LogP contribution >= 0.6 is 0 Å². The Hall–Kier alpha value is -1.72. The van der Waals surface area contributed by atoms with Gasteiger partial charge in [-0.2, -0.15) is 0 Å². The van der Waals surface area contributed by atoms with E-state index in [4.69, 9.17) is 9.47 Å². The molecule has 3 rings (SSSR count). The quantitative estimate of drug-likeness (QED) is 0.473. The van der Waals surface area contributed by atoms with Crippen molar-refractivity contribution in [3.05, 3.63) is 58.7 Å². The van der Waals surface area contributed by atoms with Crippen LogP contribution in [0.2, 0.25) is 0 Å². The highest BCUT2D eigenvalue weighted by atomic mass is 16.7. The Kier molecular flexibility index (Phi) is 4.78. The van der Waals surface area contributed by atoms with E-state index in [0.717, 1.165) is 31.2 Å². The second-order valence-electron chi connectivity index (χ2n) is 6.36. The first kappa shape index (κ1) is 16.1. The van der Waals surface area contributed by atoms with Gasteiger partial charge in [-0.1, -0.05) is 42.8 Å². The molecule has 2 fully saturated rings. The Morgan fingerprint density at radius 2 is 2.17 bits per heavy atom. The highest BCUT2D eigenvalue weighted by Crippen LogP contribution is 2.50. The SMILES string of the molecule is C=CCO[C@]12CCCC[C@@H]1[C@@H](c1ccccc1)[C@H]([N+](=O)[O-])CO2. The minimum Gasteiger partial charge on any atom is -0.346 e. The van der Waals surface area contributed by atoms with Crippen LogP contribution in [-0.2, 0) is 9.47 Å². The fourth-order valence-corrected chi connectivity index (χ4v) is 4.11. The maximum absolute atomic E-state index is 11.6. The van der Waals surface area contributed by atoms with Crippen LogP contribution in [0, 0.1) is 16.0 Å². The van der Waals surface area contributed by atoms with Gasteiger partial charge < -0.3 is 9.47 Å². The summed E-state index contributed by atoms with van der Waals surface area (Å²) in [4.78, 5) is 11.4. The number of fused-ring (bicyclic) bond motifs is 1. The van der Waals surface area contributed by atoms with Crippen molar-refractivity contribution in [3.63, 3.8) is 0 Å². The molecule has 5 nitrogen and oxygen atoms in total. The minimum absolute atomic E-state index is 0.00255. The average molecular weight is 317 g/mol. The summed E-state index contributed by atoms with van der Waals surface area (Å²) in [5.41, 5.74) is 1.01. The van der Waals surface area contributed by atoms with Crippen molar-refractivity contribution in [2.75, 3.05) is 13.2 Å². The molecule has 23 heavy (non-hydrogen) atoms. The normalized spacial score (nSPS) is 33.7. The highest BCUT2D eigenvalue weighted by molar-refractivity contribution is 5.24. The van der Waals surface area contributed by atoms with Crippen molar-refractivity contribution in [1.29, 1.82) is 0 Å². The molecule has 0 radical (unpaired) electrons. The lowest BCUT2D eigenvalue weighted by Gasteiger charge is -2.50. The predicted molar refractivity (Wildman–Crippen MR) is 86.8 cm³/mol. The smallest absolute Gasteiger partial charge is 0.243 e. The number of benzene rings is 1. The van der Waals surface area contributed by atoms with E-state index in [2.05, 4.69) is 6.58 Å². The lowest BCUT2D eigenvalue weighted by atomic mass is 9.68. The van der Waals surface area contributed by atoms with E-state index >= 15 is 0 Å². The fourth-order valence-electron chi connectivity index (χ4n) is 4.11. The maximum atomic E-state index is 11.6. The first-order chi connectivity index (χ1) is 11.2. The number of nitro groups is 1. The van der Waals surface area contributed by atoms with Gasteiger partial charge in [0.1, 0.15) is 6.61 Å². The highest BCUT2D eigenvalue weighted by Gasteiger charge is 2.56. The van der Waals surface area contributed by atoms with Crippen molar-refractivity contribution in [1.82, 2.24) is 0 Å². The summed E-state index contributed by atoms with van der Waals surface area (Å²) in [6.07, 6.45) is 5.47. The second kappa shape index (κ2) is 6.81. The van der Waals surface area contributed by atoms with E-state index in [0.29, 0.717) is 6.61 Å². The van der Waals surface area contributed by atoms with Gasteiger partial charge in [-0.3, -0.25) is 10.1 Å². The van der Waals surface area contributed by atoms with Gasteiger partial charge in [0.05, 0.1) is 12.5 Å². The minimum atomic E-state index is -0.721. The van der Waals surface area contributed by atoms with E-state index < -0.39 is 11.8 Å². The molecule has 0 amide bonds. The molecule has 0 aromatic heterocycles. The largest absolute Gasteiger partial charge is 0.346 e. The zero-order valence-corrected chi connectivity index (χ0v) is 13.2. The third-order valence-electron chi connectivity index (χ3n) is 5.10. The molecule has 4 atom stereocenters. The molecule has 1 aliphatic heterocycles. The van der Waals surface area contributed by atoms with Gasteiger partial charge in [-0.15, -0.1) is 6.58 Å². The Morgan fingerprint density at radius 1 is 1.39 bits per heavy atom. The van der Waals surface area contributed by atoms with Crippen molar-refractivity contribution in [2.45, 2.75) is 43.4 Å². The molecule has 1 aromatic rings. The molecule has 1 heterocycles. The zero-order chi connectivity index (χ0) is 16.3. The molecule has 0 bridgehead atoms. The van der Waals surface area contributed by atoms with Gasteiger partial charge in [0.2, 0.25) is 6.04 Å². The number of hydrogen-bond acceptors (Lipinski definition) is 4. The lowest BCUT2D eigenvalue weighted by Crippen LogP contribution is -2.57. The predicted octanol–water partition coefficient (Wildman–Crippen LogP) is 3.53. The van der Waals surface area contributed by atoms with Crippen molar-refractivity contribution >= 4 is 0 Å². The topological polar surface area (TPSA) is 61.6 Å². The molecule has 1 aromatic carbocycles. The molecule has 0 unspecified atom stereocenters. The van der Waals surface area contributed by atoms with Crippen LogP contribution in [0.3, 0.4) is 0 Å². The molecule has 2 aliphatic rings. The first-order valence-corrected chi connectivity index (χ1v) is 8.25. The Morgan fingerprint density at radius 3 is 2.87 bits per heavy atom. The van der Waals surface area contributed by atoms with Crippen molar-refractivity contribution in [3.8, 4) is 0 Å². The van der Waals surface area contributed by atoms with E-state index in [1.54, 1.807) is 6.08 Å². The fraction of sp³-hybridized carbons (Fsp3) is 0.556. The van der Waals surface area contributed by atoms with E-state index in [-0.39, 0.29) is 23.4 Å². The molecular weight excluding hydrogens is 294 g/mol. The molecule has 0 N–H and O–H groups in total. The first-order valence-electron chi connectivity index (χ1n) is 8.25. The summed E-state index contributed by atoms with van der Waals surface area (Å²) in [5.74, 6) is -0.882. The molecule has 1 saturated heterocycles. The average Bonchev–Trinajstić information content (AvgIpc) is 2.59. The number of rotatable bonds is 5. The van der Waals surface area contributed by atoms with Crippen LogP contribution in [-0.4, -0.2) is 30.0 Å². The van der Waals surface area contributed by atoms with Gasteiger partial charge in [0.25, 0.3) is 0 Å². The summed E-state index contributed by atoms with van der Waals surface area (Å²) < 4.78 is 12.0. The number of hydrogen-bond donors (Lipinski definition) is 0.